The molecule has 0 fully saturated rings. The summed E-state index contributed by atoms with van der Waals surface area (Å²) >= 11 is 0. The molecule has 0 atom stereocenters. The van der Waals surface area contributed by atoms with Crippen LogP contribution >= 0.6 is 0 Å². The third-order valence-corrected chi connectivity index (χ3v) is 1.63. The second kappa shape index (κ2) is 4.71. The molecule has 0 aliphatic rings. The molecule has 13 heavy (non-hydrogen) atoms. The predicted molar refractivity (Wildman–Crippen MR) is 48.9 cm³/mol. The number of hydrogen-bond acceptors (Lipinski definition) is 4. The van der Waals surface area contributed by atoms with Crippen molar-refractivity contribution in [3.05, 3.63) is 17.8 Å². The monoisotopic (exact) mass is 184 g/mol. The molecule has 3 N–H and O–H groups in total. The number of anilines is 1. The van der Waals surface area contributed by atoms with Crippen molar-refractivity contribution in [2.75, 3.05) is 18.4 Å². The van der Waals surface area contributed by atoms with E-state index in [4.69, 9.17) is 5.73 Å². The zero-order chi connectivity index (χ0) is 9.68. The van der Waals surface area contributed by atoms with E-state index in [2.05, 4.69) is 15.3 Å². The van der Waals surface area contributed by atoms with Crippen LogP contribution in [0, 0.1) is 5.82 Å². The number of aryl methyl sites for hydroxylation is 1. The zero-order valence-electron chi connectivity index (χ0n) is 7.55. The molecule has 1 rings (SSSR count). The lowest BCUT2D eigenvalue weighted by atomic mass is 10.3. The van der Waals surface area contributed by atoms with Gasteiger partial charge in [0.15, 0.2) is 11.6 Å². The molecule has 0 aromatic carbocycles. The maximum atomic E-state index is 13.4. The Labute approximate surface area is 76.4 Å². The van der Waals surface area contributed by atoms with Crippen molar-refractivity contribution in [3.8, 4) is 0 Å². The van der Waals surface area contributed by atoms with Gasteiger partial charge in [-0.1, -0.05) is 6.92 Å². The van der Waals surface area contributed by atoms with Gasteiger partial charge in [0.1, 0.15) is 6.33 Å². The number of halogens is 1. The first-order valence-corrected chi connectivity index (χ1v) is 4.23. The molecule has 1 aromatic rings. The lowest BCUT2D eigenvalue weighted by Crippen LogP contribution is -2.15. The minimum absolute atomic E-state index is 0.234. The molecule has 0 spiro atoms. The Balaban J connectivity index is 2.81. The third kappa shape index (κ3) is 2.35. The molecule has 0 saturated heterocycles. The summed E-state index contributed by atoms with van der Waals surface area (Å²) < 4.78 is 13.4. The van der Waals surface area contributed by atoms with Gasteiger partial charge in [-0.05, 0) is 6.42 Å². The Kier molecular flexibility index (Phi) is 3.57. The molecule has 0 saturated carbocycles. The van der Waals surface area contributed by atoms with Gasteiger partial charge in [-0.2, -0.15) is 0 Å². The van der Waals surface area contributed by atoms with Gasteiger partial charge >= 0.3 is 0 Å². The molecule has 0 radical (unpaired) electrons. The lowest BCUT2D eigenvalue weighted by Gasteiger charge is -2.06. The average molecular weight is 184 g/mol. The van der Waals surface area contributed by atoms with Crippen molar-refractivity contribution < 1.29 is 4.39 Å². The van der Waals surface area contributed by atoms with Gasteiger partial charge in [-0.3, -0.25) is 0 Å². The van der Waals surface area contributed by atoms with E-state index in [1.807, 2.05) is 6.92 Å². The highest BCUT2D eigenvalue weighted by molar-refractivity contribution is 5.37. The van der Waals surface area contributed by atoms with Crippen LogP contribution in [0.25, 0.3) is 0 Å². The van der Waals surface area contributed by atoms with Crippen LogP contribution in [0.3, 0.4) is 0 Å². The van der Waals surface area contributed by atoms with E-state index in [1.165, 1.54) is 6.33 Å². The smallest absolute Gasteiger partial charge is 0.186 e. The van der Waals surface area contributed by atoms with Crippen LogP contribution < -0.4 is 11.1 Å². The third-order valence-electron chi connectivity index (χ3n) is 1.63. The van der Waals surface area contributed by atoms with Gasteiger partial charge in [0.2, 0.25) is 0 Å². The summed E-state index contributed by atoms with van der Waals surface area (Å²) in [4.78, 5) is 7.58. The van der Waals surface area contributed by atoms with Crippen LogP contribution in [-0.4, -0.2) is 23.1 Å². The fraction of sp³-hybridized carbons (Fsp3) is 0.500. The first-order valence-electron chi connectivity index (χ1n) is 4.23. The van der Waals surface area contributed by atoms with E-state index in [0.29, 0.717) is 25.2 Å². The maximum Gasteiger partial charge on any atom is 0.186 e. The summed E-state index contributed by atoms with van der Waals surface area (Å²) in [6, 6.07) is 0. The number of aromatic nitrogens is 2. The van der Waals surface area contributed by atoms with Crippen LogP contribution in [0.15, 0.2) is 6.33 Å². The predicted octanol–water partition coefficient (Wildman–Crippen LogP) is 0.549. The molecular weight excluding hydrogens is 171 g/mol. The Morgan fingerprint density at radius 2 is 2.31 bits per heavy atom. The van der Waals surface area contributed by atoms with E-state index in [0.717, 1.165) is 0 Å². The quantitative estimate of drug-likeness (QED) is 0.717. The van der Waals surface area contributed by atoms with Crippen molar-refractivity contribution in [2.45, 2.75) is 13.3 Å². The molecule has 0 amide bonds. The molecule has 72 valence electrons. The molecule has 0 aliphatic heterocycles. The number of nitrogens with zero attached hydrogens (tertiary/aromatic N) is 2. The number of nitrogens with two attached hydrogens (primary N) is 1. The molecule has 1 aromatic heterocycles. The van der Waals surface area contributed by atoms with Crippen LogP contribution in [-0.2, 0) is 6.42 Å². The van der Waals surface area contributed by atoms with E-state index in [1.54, 1.807) is 0 Å². The van der Waals surface area contributed by atoms with Gasteiger partial charge in [-0.15, -0.1) is 0 Å². The average Bonchev–Trinajstić information content (AvgIpc) is 2.16. The summed E-state index contributed by atoms with van der Waals surface area (Å²) in [7, 11) is 0. The normalized spacial score (nSPS) is 10.1. The summed E-state index contributed by atoms with van der Waals surface area (Å²) in [5, 5.41) is 2.79. The van der Waals surface area contributed by atoms with Crippen molar-refractivity contribution in [1.29, 1.82) is 0 Å². The summed E-state index contributed by atoms with van der Waals surface area (Å²) in [6.07, 6.45) is 1.91. The summed E-state index contributed by atoms with van der Waals surface area (Å²) in [5.41, 5.74) is 5.69. The van der Waals surface area contributed by atoms with Crippen LogP contribution in [0.2, 0.25) is 0 Å². The second-order valence-corrected chi connectivity index (χ2v) is 2.55. The van der Waals surface area contributed by atoms with Crippen molar-refractivity contribution in [1.82, 2.24) is 9.97 Å². The number of rotatable bonds is 4. The molecule has 0 unspecified atom stereocenters. The first-order chi connectivity index (χ1) is 6.29. The standard InChI is InChI=1S/C8H13FN4/c1-2-6-7(9)8(11-4-3-10)13-5-12-6/h5H,2-4,10H2,1H3,(H,11,12,13). The highest BCUT2D eigenvalue weighted by atomic mass is 19.1. The molecule has 5 heteroatoms. The molecular formula is C8H13FN4. The van der Waals surface area contributed by atoms with Crippen molar-refractivity contribution in [3.63, 3.8) is 0 Å². The molecule has 1 heterocycles. The lowest BCUT2D eigenvalue weighted by molar-refractivity contribution is 0.597. The molecule has 0 bridgehead atoms. The topological polar surface area (TPSA) is 63.8 Å². The Morgan fingerprint density at radius 3 is 2.92 bits per heavy atom. The molecule has 4 nitrogen and oxygen atoms in total. The van der Waals surface area contributed by atoms with E-state index in [9.17, 15) is 4.39 Å². The van der Waals surface area contributed by atoms with Gasteiger partial charge in [-0.25, -0.2) is 14.4 Å². The van der Waals surface area contributed by atoms with E-state index in [-0.39, 0.29) is 11.6 Å². The Hall–Kier alpha value is -1.23. The summed E-state index contributed by atoms with van der Waals surface area (Å²) in [5.74, 6) is -0.143. The molecule has 0 aliphatic carbocycles. The minimum atomic E-state index is -0.376. The largest absolute Gasteiger partial charge is 0.366 e. The van der Waals surface area contributed by atoms with Gasteiger partial charge < -0.3 is 11.1 Å². The summed E-state index contributed by atoms with van der Waals surface area (Å²) in [6.45, 7) is 2.81. The van der Waals surface area contributed by atoms with E-state index >= 15 is 0 Å². The van der Waals surface area contributed by atoms with Gasteiger partial charge in [0.05, 0.1) is 5.69 Å². The van der Waals surface area contributed by atoms with Gasteiger partial charge in [0.25, 0.3) is 0 Å². The zero-order valence-corrected chi connectivity index (χ0v) is 7.55. The Morgan fingerprint density at radius 1 is 1.54 bits per heavy atom. The fourth-order valence-corrected chi connectivity index (χ4v) is 0.967. The van der Waals surface area contributed by atoms with Gasteiger partial charge in [0, 0.05) is 13.1 Å². The highest BCUT2D eigenvalue weighted by Gasteiger charge is 2.07. The first kappa shape index (κ1) is 9.85. The maximum absolute atomic E-state index is 13.4. The Bertz CT molecular complexity index is 277. The van der Waals surface area contributed by atoms with Crippen molar-refractivity contribution in [2.24, 2.45) is 5.73 Å². The van der Waals surface area contributed by atoms with Crippen LogP contribution in [0.4, 0.5) is 10.2 Å². The fourth-order valence-electron chi connectivity index (χ4n) is 0.967. The second-order valence-electron chi connectivity index (χ2n) is 2.55. The SMILES string of the molecule is CCc1ncnc(NCCN)c1F. The van der Waals surface area contributed by atoms with Crippen molar-refractivity contribution >= 4 is 5.82 Å². The minimum Gasteiger partial charge on any atom is -0.366 e. The van der Waals surface area contributed by atoms with Crippen LogP contribution in [0.5, 0.6) is 0 Å². The number of hydrogen-bond donors (Lipinski definition) is 2. The number of nitrogens with one attached hydrogen (secondary N) is 1. The van der Waals surface area contributed by atoms with Crippen LogP contribution in [0.1, 0.15) is 12.6 Å². The highest BCUT2D eigenvalue weighted by Crippen LogP contribution is 2.12. The van der Waals surface area contributed by atoms with E-state index < -0.39 is 0 Å².